The zero-order valence-corrected chi connectivity index (χ0v) is 21.3. The van der Waals surface area contributed by atoms with E-state index in [4.69, 9.17) is 9.47 Å². The lowest BCUT2D eigenvalue weighted by Crippen LogP contribution is -2.48. The van der Waals surface area contributed by atoms with Crippen LogP contribution in [0.25, 0.3) is 21.8 Å². The van der Waals surface area contributed by atoms with E-state index in [0.717, 1.165) is 26.5 Å². The van der Waals surface area contributed by atoms with E-state index in [1.54, 1.807) is 12.1 Å². The zero-order chi connectivity index (χ0) is 26.2. The first-order valence-corrected chi connectivity index (χ1v) is 13.2. The zero-order valence-electron chi connectivity index (χ0n) is 20.5. The Morgan fingerprint density at radius 2 is 1.89 bits per heavy atom. The molecular weight excluding hydrogens is 496 g/mol. The van der Waals surface area contributed by atoms with E-state index in [2.05, 4.69) is 16.4 Å². The molecule has 0 bridgehead atoms. The third-order valence-electron chi connectivity index (χ3n) is 6.22. The van der Waals surface area contributed by atoms with Crippen molar-refractivity contribution in [3.05, 3.63) is 66.2 Å². The van der Waals surface area contributed by atoms with E-state index in [1.165, 1.54) is 25.5 Å². The monoisotopic (exact) mass is 524 g/mol. The van der Waals surface area contributed by atoms with Gasteiger partial charge in [-0.1, -0.05) is 24.3 Å². The number of amides is 1. The summed E-state index contributed by atoms with van der Waals surface area (Å²) in [5.74, 6) is 0.297. The Morgan fingerprint density at radius 3 is 2.70 bits per heavy atom. The van der Waals surface area contributed by atoms with Gasteiger partial charge in [0.1, 0.15) is 23.8 Å². The van der Waals surface area contributed by atoms with E-state index in [0.29, 0.717) is 23.0 Å². The number of nitrogens with one attached hydrogen (secondary N) is 2. The molecule has 1 aliphatic heterocycles. The lowest BCUT2D eigenvalue weighted by atomic mass is 10.1. The predicted octanol–water partition coefficient (Wildman–Crippen LogP) is 2.55. The normalized spacial score (nSPS) is 14.7. The molecular formula is C26H28N4O6S. The molecule has 194 valence electrons. The van der Waals surface area contributed by atoms with Crippen molar-refractivity contribution < 1.29 is 27.8 Å². The first-order valence-electron chi connectivity index (χ1n) is 11.8. The van der Waals surface area contributed by atoms with Crippen LogP contribution < -0.4 is 19.1 Å². The van der Waals surface area contributed by atoms with E-state index in [9.17, 15) is 18.3 Å². The maximum Gasteiger partial charge on any atom is 0.310 e. The molecule has 3 aromatic carbocycles. The lowest BCUT2D eigenvalue weighted by molar-refractivity contribution is -0.120. The van der Waals surface area contributed by atoms with Gasteiger partial charge in [-0.15, -0.1) is 0 Å². The molecule has 0 saturated carbocycles. The van der Waals surface area contributed by atoms with E-state index < -0.39 is 22.2 Å². The number of hydrogen-bond donors (Lipinski definition) is 3. The number of anilines is 1. The second-order valence-electron chi connectivity index (χ2n) is 8.91. The van der Waals surface area contributed by atoms with Crippen molar-refractivity contribution in [1.82, 2.24) is 14.6 Å². The number of H-pyrrole nitrogens is 1. The van der Waals surface area contributed by atoms with Gasteiger partial charge >= 0.3 is 10.2 Å². The molecule has 11 heteroatoms. The molecule has 4 aromatic rings. The third-order valence-corrected chi connectivity index (χ3v) is 8.00. The average molecular weight is 525 g/mol. The molecule has 0 radical (unpaired) electrons. The van der Waals surface area contributed by atoms with Crippen molar-refractivity contribution in [2.24, 2.45) is 0 Å². The average Bonchev–Trinajstić information content (AvgIpc) is 3.25. The molecule has 0 saturated heterocycles. The molecule has 3 N–H and O–H groups in total. The Hall–Kier alpha value is -3.64. The second-order valence-corrected chi connectivity index (χ2v) is 10.9. The summed E-state index contributed by atoms with van der Waals surface area (Å²) in [6, 6.07) is 18.7. The molecule has 1 unspecified atom stereocenters. The number of ether oxygens (including phenoxy) is 2. The minimum atomic E-state index is -4.06. The summed E-state index contributed by atoms with van der Waals surface area (Å²) in [7, 11) is -1.36. The van der Waals surface area contributed by atoms with E-state index in [-0.39, 0.29) is 24.6 Å². The topological polar surface area (TPSA) is 124 Å². The number of carbonyl (C=O) groups excluding carboxylic acids is 1. The molecule has 1 atom stereocenters. The van der Waals surface area contributed by atoms with Crippen LogP contribution in [0.2, 0.25) is 0 Å². The van der Waals surface area contributed by atoms with Gasteiger partial charge in [-0.2, -0.15) is 17.0 Å². The SMILES string of the molecule is CN(C)S(=O)(=O)N1C(=O)COc2ccc(C(O)CNCCOc3ccc4c(c3)[nH]c3ccccc34)cc21. The number of carbonyl (C=O) groups is 1. The highest BCUT2D eigenvalue weighted by molar-refractivity contribution is 7.91. The summed E-state index contributed by atoms with van der Waals surface area (Å²) in [6.45, 7) is 0.699. The molecule has 1 aliphatic rings. The number of benzene rings is 3. The molecule has 37 heavy (non-hydrogen) atoms. The van der Waals surface area contributed by atoms with Crippen LogP contribution in [0, 0.1) is 0 Å². The Morgan fingerprint density at radius 1 is 1.11 bits per heavy atom. The molecule has 1 aromatic heterocycles. The highest BCUT2D eigenvalue weighted by atomic mass is 32.2. The molecule has 5 rings (SSSR count). The molecule has 10 nitrogen and oxygen atoms in total. The van der Waals surface area contributed by atoms with Crippen LogP contribution in [0.1, 0.15) is 11.7 Å². The van der Waals surface area contributed by atoms with Crippen molar-refractivity contribution in [3.63, 3.8) is 0 Å². The number of hydrogen-bond acceptors (Lipinski definition) is 7. The number of fused-ring (bicyclic) bond motifs is 4. The van der Waals surface area contributed by atoms with Crippen LogP contribution in [0.5, 0.6) is 11.5 Å². The Balaban J connectivity index is 1.19. The molecule has 1 amide bonds. The van der Waals surface area contributed by atoms with Crippen LogP contribution >= 0.6 is 0 Å². The van der Waals surface area contributed by atoms with Crippen LogP contribution in [-0.4, -0.2) is 69.1 Å². The van der Waals surface area contributed by atoms with Gasteiger partial charge in [0.2, 0.25) is 0 Å². The molecule has 2 heterocycles. The number of aliphatic hydroxyl groups is 1. The van der Waals surface area contributed by atoms with Crippen molar-refractivity contribution in [2.45, 2.75) is 6.10 Å². The summed E-state index contributed by atoms with van der Waals surface area (Å²) in [5.41, 5.74) is 2.61. The fraction of sp³-hybridized carbons (Fsp3) is 0.269. The van der Waals surface area contributed by atoms with Crippen molar-refractivity contribution in [1.29, 1.82) is 0 Å². The highest BCUT2D eigenvalue weighted by Crippen LogP contribution is 2.36. The summed E-state index contributed by atoms with van der Waals surface area (Å²) < 4.78 is 38.3. The largest absolute Gasteiger partial charge is 0.492 e. The standard InChI is InChI=1S/C26H28N4O6S/c1-29(2)37(33,34)30-23-13-17(7-10-25(23)36-16-26(30)32)24(31)15-27-11-12-35-18-8-9-20-19-5-3-4-6-21(19)28-22(20)14-18/h3-10,13-14,24,27-28,31H,11-12,15-16H2,1-2H3. The van der Waals surface area contributed by atoms with Crippen LogP contribution in [0.3, 0.4) is 0 Å². The van der Waals surface area contributed by atoms with E-state index >= 15 is 0 Å². The predicted molar refractivity (Wildman–Crippen MR) is 141 cm³/mol. The summed E-state index contributed by atoms with van der Waals surface area (Å²) >= 11 is 0. The quantitative estimate of drug-likeness (QED) is 0.288. The van der Waals surface area contributed by atoms with E-state index in [1.807, 2.05) is 36.4 Å². The minimum absolute atomic E-state index is 0.0807. The Bertz CT molecular complexity index is 1570. The minimum Gasteiger partial charge on any atom is -0.492 e. The van der Waals surface area contributed by atoms with Crippen LogP contribution in [0.4, 0.5) is 5.69 Å². The van der Waals surface area contributed by atoms with Crippen LogP contribution in [-0.2, 0) is 15.0 Å². The number of rotatable bonds is 9. The lowest BCUT2D eigenvalue weighted by Gasteiger charge is -2.31. The van der Waals surface area contributed by atoms with Crippen molar-refractivity contribution in [3.8, 4) is 11.5 Å². The highest BCUT2D eigenvalue weighted by Gasteiger charge is 2.37. The Labute approximate surface area is 214 Å². The number of nitrogens with zero attached hydrogens (tertiary/aromatic N) is 2. The van der Waals surface area contributed by atoms with Gasteiger partial charge in [0.15, 0.2) is 6.61 Å². The van der Waals surface area contributed by atoms with Gasteiger partial charge in [-0.25, -0.2) is 0 Å². The fourth-order valence-corrected chi connectivity index (χ4v) is 5.32. The number of aliphatic hydroxyl groups excluding tert-OH is 1. The number of aromatic amines is 1. The summed E-state index contributed by atoms with van der Waals surface area (Å²) in [5, 5.41) is 16.1. The van der Waals surface area contributed by atoms with Gasteiger partial charge in [0, 0.05) is 49.5 Å². The van der Waals surface area contributed by atoms with Gasteiger partial charge in [-0.05, 0) is 35.9 Å². The maximum atomic E-state index is 12.7. The second kappa shape index (κ2) is 10.0. The van der Waals surface area contributed by atoms with Crippen molar-refractivity contribution >= 4 is 43.6 Å². The third kappa shape index (κ3) is 4.86. The smallest absolute Gasteiger partial charge is 0.310 e. The summed E-state index contributed by atoms with van der Waals surface area (Å²) in [6.07, 6.45) is -0.936. The first kappa shape index (κ1) is 25.0. The molecule has 0 spiro atoms. The fourth-order valence-electron chi connectivity index (χ4n) is 4.29. The number of aromatic nitrogens is 1. The van der Waals surface area contributed by atoms with Crippen LogP contribution in [0.15, 0.2) is 60.7 Å². The van der Waals surface area contributed by atoms with Gasteiger partial charge < -0.3 is 24.9 Å². The molecule has 0 fully saturated rings. The first-order chi connectivity index (χ1) is 17.8. The van der Waals surface area contributed by atoms with Gasteiger partial charge in [-0.3, -0.25) is 4.79 Å². The summed E-state index contributed by atoms with van der Waals surface area (Å²) in [4.78, 5) is 15.8. The number of para-hydroxylation sites is 1. The van der Waals surface area contributed by atoms with Crippen molar-refractivity contribution in [2.75, 3.05) is 44.7 Å². The molecule has 0 aliphatic carbocycles. The van der Waals surface area contributed by atoms with Gasteiger partial charge in [0.05, 0.1) is 11.6 Å². The maximum absolute atomic E-state index is 12.7. The van der Waals surface area contributed by atoms with Gasteiger partial charge in [0.25, 0.3) is 5.91 Å². The Kier molecular flexibility index (Phi) is 6.78.